The average Bonchev–Trinajstić information content (AvgIpc) is 2.59. The van der Waals surface area contributed by atoms with Crippen LogP contribution in [-0.2, 0) is 7.05 Å². The molecule has 0 aromatic carbocycles. The lowest BCUT2D eigenvalue weighted by atomic mass is 10.1. The molecule has 2 aromatic heterocycles. The van der Waals surface area contributed by atoms with Gasteiger partial charge in [-0.1, -0.05) is 0 Å². The number of hydroxylamine groups is 1. The molecule has 4 N–H and O–H groups in total. The van der Waals surface area contributed by atoms with Crippen LogP contribution in [0.1, 0.15) is 11.7 Å². The molecule has 74 valence electrons. The first-order valence-electron chi connectivity index (χ1n) is 4.29. The molecule has 0 bridgehead atoms. The molecule has 0 amide bonds. The summed E-state index contributed by atoms with van der Waals surface area (Å²) >= 11 is 0. The fourth-order valence-electron chi connectivity index (χ4n) is 1.53. The van der Waals surface area contributed by atoms with Crippen molar-refractivity contribution in [1.82, 2.24) is 15.0 Å². The summed E-state index contributed by atoms with van der Waals surface area (Å²) in [5.74, 6) is 0. The van der Waals surface area contributed by atoms with Gasteiger partial charge < -0.3 is 15.5 Å². The van der Waals surface area contributed by atoms with E-state index < -0.39 is 6.17 Å². The maximum Gasteiger partial charge on any atom is 0.139 e. The Balaban J connectivity index is 2.65. The number of hydrogen-bond acceptors (Lipinski definition) is 4. The van der Waals surface area contributed by atoms with E-state index in [-0.39, 0.29) is 0 Å². The highest BCUT2D eigenvalue weighted by Crippen LogP contribution is 2.20. The number of pyridine rings is 1. The second-order valence-electron chi connectivity index (χ2n) is 3.17. The van der Waals surface area contributed by atoms with Crippen molar-refractivity contribution in [2.75, 3.05) is 0 Å². The van der Waals surface area contributed by atoms with Gasteiger partial charge in [-0.25, -0.2) is 4.98 Å². The van der Waals surface area contributed by atoms with Crippen molar-refractivity contribution in [2.45, 2.75) is 6.17 Å². The molecule has 5 nitrogen and oxygen atoms in total. The van der Waals surface area contributed by atoms with Gasteiger partial charge in [0.25, 0.3) is 0 Å². The van der Waals surface area contributed by atoms with Crippen LogP contribution in [0.5, 0.6) is 0 Å². The number of nitrogens with two attached hydrogens (primary N) is 1. The van der Waals surface area contributed by atoms with Crippen LogP contribution < -0.4 is 11.2 Å². The van der Waals surface area contributed by atoms with Crippen molar-refractivity contribution in [1.29, 1.82) is 0 Å². The minimum Gasteiger partial charge on any atom is -0.336 e. The van der Waals surface area contributed by atoms with Gasteiger partial charge in [0.2, 0.25) is 0 Å². The van der Waals surface area contributed by atoms with Crippen LogP contribution in [0.3, 0.4) is 0 Å². The zero-order valence-electron chi connectivity index (χ0n) is 7.81. The van der Waals surface area contributed by atoms with Gasteiger partial charge in [-0.15, -0.1) is 0 Å². The van der Waals surface area contributed by atoms with Crippen LogP contribution in [0.25, 0.3) is 11.0 Å². The third-order valence-electron chi connectivity index (χ3n) is 2.28. The lowest BCUT2D eigenvalue weighted by Gasteiger charge is -2.10. The molecule has 0 radical (unpaired) electrons. The minimum atomic E-state index is -0.581. The predicted octanol–water partition coefficient (Wildman–Crippen LogP) is 0.509. The molecule has 1 unspecified atom stereocenters. The van der Waals surface area contributed by atoms with Crippen LogP contribution >= 0.6 is 0 Å². The number of nitrogens with one attached hydrogen (secondary N) is 1. The lowest BCUT2D eigenvalue weighted by Crippen LogP contribution is -2.25. The fourth-order valence-corrected chi connectivity index (χ4v) is 1.53. The van der Waals surface area contributed by atoms with E-state index in [0.717, 1.165) is 16.6 Å². The van der Waals surface area contributed by atoms with Crippen molar-refractivity contribution < 1.29 is 5.21 Å². The number of aryl methyl sites for hydroxylation is 1. The summed E-state index contributed by atoms with van der Waals surface area (Å²) in [7, 11) is 1.91. The first kappa shape index (κ1) is 9.14. The highest BCUT2D eigenvalue weighted by atomic mass is 16.5. The average molecular weight is 192 g/mol. The standard InChI is InChI=1S/C9H12N4O/c1-13-5-3-7-6(8(10)12-14)2-4-11-9(7)13/h2-5,8,12,14H,10H2,1H3. The van der Waals surface area contributed by atoms with E-state index >= 15 is 0 Å². The normalized spacial score (nSPS) is 13.4. The molecule has 0 aliphatic rings. The largest absolute Gasteiger partial charge is 0.336 e. The maximum absolute atomic E-state index is 8.75. The van der Waals surface area contributed by atoms with E-state index in [0.29, 0.717) is 0 Å². The Hall–Kier alpha value is -1.43. The quantitative estimate of drug-likeness (QED) is 0.478. The molecule has 14 heavy (non-hydrogen) atoms. The molecule has 2 heterocycles. The summed E-state index contributed by atoms with van der Waals surface area (Å²) in [6.45, 7) is 0. The zero-order valence-corrected chi connectivity index (χ0v) is 7.81. The second-order valence-corrected chi connectivity index (χ2v) is 3.17. The fraction of sp³-hybridized carbons (Fsp3) is 0.222. The van der Waals surface area contributed by atoms with Crippen LogP contribution in [0.4, 0.5) is 0 Å². The summed E-state index contributed by atoms with van der Waals surface area (Å²) in [5, 5.41) is 9.70. The number of aromatic nitrogens is 2. The van der Waals surface area contributed by atoms with E-state index in [1.54, 1.807) is 12.3 Å². The van der Waals surface area contributed by atoms with Gasteiger partial charge in [0, 0.05) is 24.8 Å². The third kappa shape index (κ3) is 1.27. The zero-order chi connectivity index (χ0) is 10.1. The Morgan fingerprint density at radius 1 is 1.57 bits per heavy atom. The summed E-state index contributed by atoms with van der Waals surface area (Å²) in [5.41, 5.74) is 9.38. The second kappa shape index (κ2) is 3.38. The monoisotopic (exact) mass is 192 g/mol. The van der Waals surface area contributed by atoms with Crippen molar-refractivity contribution in [2.24, 2.45) is 12.8 Å². The number of nitrogens with zero attached hydrogens (tertiary/aromatic N) is 2. The molecule has 0 aliphatic carbocycles. The van der Waals surface area contributed by atoms with Gasteiger partial charge in [0.15, 0.2) is 0 Å². The Morgan fingerprint density at radius 2 is 2.36 bits per heavy atom. The Bertz CT molecular complexity index is 451. The highest BCUT2D eigenvalue weighted by molar-refractivity contribution is 5.80. The third-order valence-corrected chi connectivity index (χ3v) is 2.28. The molecule has 0 saturated heterocycles. The van der Waals surface area contributed by atoms with E-state index in [1.165, 1.54) is 0 Å². The topological polar surface area (TPSA) is 76.1 Å². The molecule has 1 atom stereocenters. The molecular formula is C9H12N4O. The van der Waals surface area contributed by atoms with Gasteiger partial charge in [-0.2, -0.15) is 5.48 Å². The summed E-state index contributed by atoms with van der Waals surface area (Å²) < 4.78 is 1.91. The van der Waals surface area contributed by atoms with E-state index in [9.17, 15) is 0 Å². The van der Waals surface area contributed by atoms with E-state index in [2.05, 4.69) is 4.98 Å². The van der Waals surface area contributed by atoms with Crippen molar-refractivity contribution >= 4 is 11.0 Å². The van der Waals surface area contributed by atoms with Crippen LogP contribution in [0.15, 0.2) is 24.5 Å². The van der Waals surface area contributed by atoms with Crippen LogP contribution in [-0.4, -0.2) is 14.8 Å². The number of rotatable bonds is 2. The van der Waals surface area contributed by atoms with Crippen LogP contribution in [0, 0.1) is 0 Å². The Kier molecular flexibility index (Phi) is 2.20. The number of hydrogen-bond donors (Lipinski definition) is 3. The van der Waals surface area contributed by atoms with Gasteiger partial charge >= 0.3 is 0 Å². The smallest absolute Gasteiger partial charge is 0.139 e. The Labute approximate surface area is 81.1 Å². The first-order valence-corrected chi connectivity index (χ1v) is 4.29. The van der Waals surface area contributed by atoms with E-state index in [4.69, 9.17) is 10.9 Å². The molecule has 0 fully saturated rings. The van der Waals surface area contributed by atoms with Crippen molar-refractivity contribution in [3.8, 4) is 0 Å². The van der Waals surface area contributed by atoms with Crippen molar-refractivity contribution in [3.05, 3.63) is 30.1 Å². The van der Waals surface area contributed by atoms with Gasteiger partial charge in [-0.05, 0) is 17.7 Å². The van der Waals surface area contributed by atoms with Gasteiger partial charge in [-0.3, -0.25) is 0 Å². The van der Waals surface area contributed by atoms with Gasteiger partial charge in [0.05, 0.1) is 0 Å². The molecular weight excluding hydrogens is 180 g/mol. The summed E-state index contributed by atoms with van der Waals surface area (Å²) in [4.78, 5) is 4.22. The summed E-state index contributed by atoms with van der Waals surface area (Å²) in [6.07, 6.45) is 3.00. The predicted molar refractivity (Wildman–Crippen MR) is 52.6 cm³/mol. The lowest BCUT2D eigenvalue weighted by molar-refractivity contribution is 0.129. The first-order chi connectivity index (χ1) is 6.74. The molecule has 0 aliphatic heterocycles. The molecule has 5 heteroatoms. The van der Waals surface area contributed by atoms with Gasteiger partial charge in [0.1, 0.15) is 11.8 Å². The highest BCUT2D eigenvalue weighted by Gasteiger charge is 2.10. The SMILES string of the molecule is Cn1ccc2c(C(N)NO)ccnc21. The number of fused-ring (bicyclic) bond motifs is 1. The summed E-state index contributed by atoms with van der Waals surface area (Å²) in [6, 6.07) is 3.71. The van der Waals surface area contributed by atoms with E-state index in [1.807, 2.05) is 29.4 Å². The van der Waals surface area contributed by atoms with Crippen molar-refractivity contribution in [3.63, 3.8) is 0 Å². The van der Waals surface area contributed by atoms with Crippen LogP contribution in [0.2, 0.25) is 0 Å². The molecule has 2 rings (SSSR count). The maximum atomic E-state index is 8.75. The Morgan fingerprint density at radius 3 is 3.07 bits per heavy atom. The molecule has 2 aromatic rings. The molecule has 0 spiro atoms. The minimum absolute atomic E-state index is 0.581. The molecule has 0 saturated carbocycles.